The minimum atomic E-state index is -0.348. The predicted molar refractivity (Wildman–Crippen MR) is 122 cm³/mol. The number of esters is 1. The zero-order valence-corrected chi connectivity index (χ0v) is 18.1. The smallest absolute Gasteiger partial charge is 0.338 e. The van der Waals surface area contributed by atoms with Crippen molar-refractivity contribution in [3.05, 3.63) is 83.7 Å². The normalized spacial score (nSPS) is 11.4. The molecule has 0 aliphatic rings. The Morgan fingerprint density at radius 2 is 1.66 bits per heavy atom. The second kappa shape index (κ2) is 9.39. The Bertz CT molecular complexity index is 1320. The average Bonchev–Trinajstić information content (AvgIpc) is 2.84. The maximum Gasteiger partial charge on any atom is 0.338 e. The van der Waals surface area contributed by atoms with Crippen molar-refractivity contribution in [3.8, 4) is 22.8 Å². The summed E-state index contributed by atoms with van der Waals surface area (Å²) in [6.07, 6.45) is 0. The first-order chi connectivity index (χ1) is 15.6. The number of ether oxygens (including phenoxy) is 3. The molecule has 0 amide bonds. The van der Waals surface area contributed by atoms with E-state index >= 15 is 0 Å². The van der Waals surface area contributed by atoms with Crippen molar-refractivity contribution >= 4 is 22.6 Å². The van der Waals surface area contributed by atoms with Gasteiger partial charge in [-0.2, -0.15) is 0 Å². The molecule has 4 aromatic rings. The summed E-state index contributed by atoms with van der Waals surface area (Å²) in [5.41, 5.74) is 2.75. The predicted octanol–water partition coefficient (Wildman–Crippen LogP) is 5.53. The van der Waals surface area contributed by atoms with Crippen LogP contribution in [0.15, 0.2) is 82.2 Å². The molecule has 0 aliphatic heterocycles. The first-order valence-electron chi connectivity index (χ1n) is 10.2. The van der Waals surface area contributed by atoms with Gasteiger partial charge in [-0.05, 0) is 61.5 Å². The van der Waals surface area contributed by atoms with Crippen LogP contribution < -0.4 is 14.8 Å². The van der Waals surface area contributed by atoms with E-state index < -0.39 is 0 Å². The van der Waals surface area contributed by atoms with Gasteiger partial charge in [-0.25, -0.2) is 9.79 Å². The fraction of sp³-hybridized carbons (Fsp3) is 0.154. The van der Waals surface area contributed by atoms with Gasteiger partial charge in [0.05, 0.1) is 37.4 Å². The molecule has 0 N–H and O–H groups in total. The zero-order valence-electron chi connectivity index (χ0n) is 18.1. The number of nitrogens with zero attached hydrogens (tertiary/aromatic N) is 1. The van der Waals surface area contributed by atoms with Gasteiger partial charge in [0.15, 0.2) is 11.5 Å². The number of hydrogen-bond acceptors (Lipinski definition) is 6. The van der Waals surface area contributed by atoms with E-state index in [-0.39, 0.29) is 5.97 Å². The third kappa shape index (κ3) is 4.34. The Labute approximate surface area is 185 Å². The molecule has 0 saturated carbocycles. The fourth-order valence-electron chi connectivity index (χ4n) is 3.37. The SMILES string of the molecule is CCOC(=O)c1ccc(N=c2cc(-c3ccc(OC)c(OC)c3)oc3ccccc23)cc1. The highest BCUT2D eigenvalue weighted by molar-refractivity contribution is 5.89. The summed E-state index contributed by atoms with van der Waals surface area (Å²) in [5, 5.41) is 1.63. The minimum Gasteiger partial charge on any atom is -0.493 e. The molecular weight excluding hydrogens is 406 g/mol. The van der Waals surface area contributed by atoms with Gasteiger partial charge < -0.3 is 18.6 Å². The Balaban J connectivity index is 1.82. The Morgan fingerprint density at radius 1 is 0.906 bits per heavy atom. The third-order valence-corrected chi connectivity index (χ3v) is 4.95. The number of methoxy groups -OCH3 is 2. The topological polar surface area (TPSA) is 70.3 Å². The van der Waals surface area contributed by atoms with E-state index in [1.807, 2.05) is 48.5 Å². The summed E-state index contributed by atoms with van der Waals surface area (Å²) in [7, 11) is 3.20. The molecule has 0 radical (unpaired) electrons. The van der Waals surface area contributed by atoms with Crippen LogP contribution in [0.2, 0.25) is 0 Å². The number of para-hydroxylation sites is 1. The molecule has 4 rings (SSSR count). The minimum absolute atomic E-state index is 0.337. The molecule has 0 fully saturated rings. The molecule has 32 heavy (non-hydrogen) atoms. The summed E-state index contributed by atoms with van der Waals surface area (Å²) in [6.45, 7) is 2.12. The van der Waals surface area contributed by atoms with E-state index in [1.165, 1.54) is 0 Å². The van der Waals surface area contributed by atoms with Crippen LogP contribution in [0.25, 0.3) is 22.3 Å². The maximum atomic E-state index is 11.9. The standard InChI is InChI=1S/C26H23NO5/c1-4-31-26(28)17-9-12-19(13-10-17)27-21-16-24(32-22-8-6-5-7-20(21)22)18-11-14-23(29-2)25(15-18)30-3/h5-16H,4H2,1-3H3. The largest absolute Gasteiger partial charge is 0.493 e. The molecule has 3 aromatic carbocycles. The van der Waals surface area contributed by atoms with Gasteiger partial charge in [-0.1, -0.05) is 12.1 Å². The van der Waals surface area contributed by atoms with Crippen molar-refractivity contribution in [1.82, 2.24) is 0 Å². The van der Waals surface area contributed by atoms with Crippen LogP contribution in [0.5, 0.6) is 11.5 Å². The molecule has 162 valence electrons. The quantitative estimate of drug-likeness (QED) is 0.377. The lowest BCUT2D eigenvalue weighted by Gasteiger charge is -2.10. The lowest BCUT2D eigenvalue weighted by atomic mass is 10.1. The third-order valence-electron chi connectivity index (χ3n) is 4.95. The second-order valence-corrected chi connectivity index (χ2v) is 6.94. The van der Waals surface area contributed by atoms with E-state index in [0.717, 1.165) is 16.3 Å². The molecule has 0 aliphatic carbocycles. The zero-order chi connectivity index (χ0) is 22.5. The molecule has 6 nitrogen and oxygen atoms in total. The van der Waals surface area contributed by atoms with Crippen LogP contribution in [0.1, 0.15) is 17.3 Å². The number of carbonyl (C=O) groups is 1. The molecule has 0 bridgehead atoms. The van der Waals surface area contributed by atoms with Crippen LogP contribution in [0.3, 0.4) is 0 Å². The summed E-state index contributed by atoms with van der Waals surface area (Å²) < 4.78 is 22.0. The van der Waals surface area contributed by atoms with Crippen LogP contribution in [-0.2, 0) is 4.74 Å². The van der Waals surface area contributed by atoms with Gasteiger partial charge in [0.1, 0.15) is 11.3 Å². The van der Waals surface area contributed by atoms with Crippen molar-refractivity contribution in [3.63, 3.8) is 0 Å². The Morgan fingerprint density at radius 3 is 2.38 bits per heavy atom. The van der Waals surface area contributed by atoms with Gasteiger partial charge in [0, 0.05) is 17.0 Å². The summed E-state index contributed by atoms with van der Waals surface area (Å²) in [6, 6.07) is 22.2. The lowest BCUT2D eigenvalue weighted by molar-refractivity contribution is 0.0526. The Kier molecular flexibility index (Phi) is 6.22. The second-order valence-electron chi connectivity index (χ2n) is 6.94. The maximum absolute atomic E-state index is 11.9. The van der Waals surface area contributed by atoms with Gasteiger partial charge >= 0.3 is 5.97 Å². The highest BCUT2D eigenvalue weighted by atomic mass is 16.5. The number of benzene rings is 3. The van der Waals surface area contributed by atoms with Crippen molar-refractivity contribution in [2.24, 2.45) is 4.99 Å². The van der Waals surface area contributed by atoms with E-state index in [4.69, 9.17) is 23.6 Å². The van der Waals surface area contributed by atoms with Gasteiger partial charge in [-0.3, -0.25) is 0 Å². The lowest BCUT2D eigenvalue weighted by Crippen LogP contribution is -2.04. The first-order valence-corrected chi connectivity index (χ1v) is 10.2. The fourth-order valence-corrected chi connectivity index (χ4v) is 3.37. The van der Waals surface area contributed by atoms with Gasteiger partial charge in [0.25, 0.3) is 0 Å². The van der Waals surface area contributed by atoms with Crippen molar-refractivity contribution in [2.75, 3.05) is 20.8 Å². The van der Waals surface area contributed by atoms with Crippen molar-refractivity contribution in [1.29, 1.82) is 0 Å². The van der Waals surface area contributed by atoms with E-state index in [2.05, 4.69) is 0 Å². The number of carbonyl (C=O) groups excluding carboxylic acids is 1. The number of hydrogen-bond donors (Lipinski definition) is 0. The number of rotatable bonds is 6. The molecular formula is C26H23NO5. The summed E-state index contributed by atoms with van der Waals surface area (Å²) in [5.74, 6) is 1.55. The molecule has 0 saturated heterocycles. The molecule has 1 aromatic heterocycles. The highest BCUT2D eigenvalue weighted by Crippen LogP contribution is 2.32. The number of fused-ring (bicyclic) bond motifs is 1. The monoisotopic (exact) mass is 429 g/mol. The molecule has 0 unspecified atom stereocenters. The van der Waals surface area contributed by atoms with E-state index in [0.29, 0.717) is 40.7 Å². The van der Waals surface area contributed by atoms with Crippen molar-refractivity contribution < 1.29 is 23.4 Å². The van der Waals surface area contributed by atoms with Gasteiger partial charge in [-0.15, -0.1) is 0 Å². The average molecular weight is 429 g/mol. The van der Waals surface area contributed by atoms with E-state index in [1.54, 1.807) is 45.4 Å². The van der Waals surface area contributed by atoms with Gasteiger partial charge in [0.2, 0.25) is 0 Å². The summed E-state index contributed by atoms with van der Waals surface area (Å²) in [4.78, 5) is 16.7. The molecule has 6 heteroatoms. The molecule has 0 spiro atoms. The highest BCUT2D eigenvalue weighted by Gasteiger charge is 2.11. The van der Waals surface area contributed by atoms with Crippen LogP contribution in [0.4, 0.5) is 5.69 Å². The van der Waals surface area contributed by atoms with Crippen LogP contribution >= 0.6 is 0 Å². The molecule has 1 heterocycles. The molecule has 0 atom stereocenters. The first kappa shape index (κ1) is 21.2. The van der Waals surface area contributed by atoms with E-state index in [9.17, 15) is 4.79 Å². The van der Waals surface area contributed by atoms with Crippen LogP contribution in [0, 0.1) is 0 Å². The Hall–Kier alpha value is -4.06. The van der Waals surface area contributed by atoms with Crippen LogP contribution in [-0.4, -0.2) is 26.8 Å². The summed E-state index contributed by atoms with van der Waals surface area (Å²) >= 11 is 0. The van der Waals surface area contributed by atoms with Crippen molar-refractivity contribution in [2.45, 2.75) is 6.92 Å².